The Bertz CT molecular complexity index is 416. The number of alkyl halides is 1. The van der Waals surface area contributed by atoms with Gasteiger partial charge in [0.15, 0.2) is 0 Å². The molecule has 0 aliphatic rings. The molecule has 0 aliphatic heterocycles. The van der Waals surface area contributed by atoms with Crippen LogP contribution in [0.5, 0.6) is 0 Å². The van der Waals surface area contributed by atoms with E-state index in [1.54, 1.807) is 0 Å². The molecule has 0 bridgehead atoms. The fourth-order valence-electron chi connectivity index (χ4n) is 1.29. The Morgan fingerprint density at radius 1 is 1.31 bits per heavy atom. The minimum atomic E-state index is -0.0944. The predicted molar refractivity (Wildman–Crippen MR) is 72.1 cm³/mol. The van der Waals surface area contributed by atoms with E-state index in [2.05, 4.69) is 54.9 Å². The van der Waals surface area contributed by atoms with Crippen molar-refractivity contribution in [1.82, 2.24) is 0 Å². The number of hydrogen-bond donors (Lipinski definition) is 0. The van der Waals surface area contributed by atoms with Crippen LogP contribution in [0.15, 0.2) is 29.8 Å². The Hall–Kier alpha value is -1.07. The lowest BCUT2D eigenvalue weighted by molar-refractivity contribution is 0.523. The first-order chi connectivity index (χ1) is 7.47. The molecule has 0 unspecified atom stereocenters. The number of nitriles is 1. The molecule has 1 nitrogen and oxygen atoms in total. The molecule has 0 saturated carbocycles. The van der Waals surface area contributed by atoms with E-state index in [0.29, 0.717) is 0 Å². The maximum Gasteiger partial charge on any atom is 0.0952 e. The molecule has 0 radical (unpaired) electrons. The average molecular weight is 278 g/mol. The molecular weight excluding hydrogens is 262 g/mol. The third-order valence-electron chi connectivity index (χ3n) is 2.37. The highest BCUT2D eigenvalue weighted by molar-refractivity contribution is 9.08. The van der Waals surface area contributed by atoms with Gasteiger partial charge >= 0.3 is 0 Å². The van der Waals surface area contributed by atoms with Gasteiger partial charge in [0.2, 0.25) is 0 Å². The van der Waals surface area contributed by atoms with E-state index in [1.165, 1.54) is 5.56 Å². The van der Waals surface area contributed by atoms with Crippen LogP contribution < -0.4 is 0 Å². The van der Waals surface area contributed by atoms with Crippen LogP contribution in [0.4, 0.5) is 0 Å². The highest BCUT2D eigenvalue weighted by Crippen LogP contribution is 2.26. The third-order valence-corrected chi connectivity index (χ3v) is 3.02. The number of rotatable bonds is 2. The Balaban J connectivity index is 3.02. The van der Waals surface area contributed by atoms with Gasteiger partial charge in [-0.15, -0.1) is 0 Å². The largest absolute Gasteiger partial charge is 0.193 e. The van der Waals surface area contributed by atoms with E-state index in [-0.39, 0.29) is 5.41 Å². The van der Waals surface area contributed by atoms with Crippen LogP contribution >= 0.6 is 15.9 Å². The standard InChI is InChI=1S/C14H16BrN/c1-14(2,3)13(10-16)8-11-4-6-12(9-15)7-5-11/h4-8H,9H2,1-3H3/b13-8+. The van der Waals surface area contributed by atoms with Crippen LogP contribution in [0.2, 0.25) is 0 Å². The van der Waals surface area contributed by atoms with Crippen molar-refractivity contribution in [3.05, 3.63) is 41.0 Å². The maximum absolute atomic E-state index is 9.10. The summed E-state index contributed by atoms with van der Waals surface area (Å²) in [4.78, 5) is 0. The van der Waals surface area contributed by atoms with Gasteiger partial charge in [0.1, 0.15) is 0 Å². The number of benzene rings is 1. The second-order valence-electron chi connectivity index (χ2n) is 4.80. The Morgan fingerprint density at radius 2 is 1.88 bits per heavy atom. The third kappa shape index (κ3) is 3.50. The van der Waals surface area contributed by atoms with Crippen molar-refractivity contribution in [3.8, 4) is 6.07 Å². The molecule has 84 valence electrons. The monoisotopic (exact) mass is 277 g/mol. The molecule has 0 amide bonds. The Morgan fingerprint density at radius 3 is 2.25 bits per heavy atom. The van der Waals surface area contributed by atoms with Crippen molar-refractivity contribution < 1.29 is 0 Å². The van der Waals surface area contributed by atoms with Gasteiger partial charge in [0.05, 0.1) is 6.07 Å². The van der Waals surface area contributed by atoms with Crippen molar-refractivity contribution in [3.63, 3.8) is 0 Å². The molecule has 0 N–H and O–H groups in total. The van der Waals surface area contributed by atoms with Crippen molar-refractivity contribution in [2.45, 2.75) is 26.1 Å². The van der Waals surface area contributed by atoms with Crippen LogP contribution in [0.25, 0.3) is 6.08 Å². The predicted octanol–water partition coefficient (Wildman–Crippen LogP) is 4.53. The van der Waals surface area contributed by atoms with Gasteiger partial charge in [0.25, 0.3) is 0 Å². The van der Waals surface area contributed by atoms with Gasteiger partial charge in [-0.25, -0.2) is 0 Å². The van der Waals surface area contributed by atoms with E-state index in [0.717, 1.165) is 16.5 Å². The molecule has 1 aromatic rings. The highest BCUT2D eigenvalue weighted by atomic mass is 79.9. The van der Waals surface area contributed by atoms with Crippen molar-refractivity contribution >= 4 is 22.0 Å². The van der Waals surface area contributed by atoms with Gasteiger partial charge in [0, 0.05) is 10.9 Å². The lowest BCUT2D eigenvalue weighted by Crippen LogP contribution is -2.07. The summed E-state index contributed by atoms with van der Waals surface area (Å²) in [5.74, 6) is 0. The molecule has 0 aromatic heterocycles. The second-order valence-corrected chi connectivity index (χ2v) is 5.36. The van der Waals surface area contributed by atoms with E-state index in [4.69, 9.17) is 5.26 Å². The van der Waals surface area contributed by atoms with Crippen LogP contribution in [0, 0.1) is 16.7 Å². The van der Waals surface area contributed by atoms with Gasteiger partial charge in [-0.3, -0.25) is 0 Å². The number of nitrogens with zero attached hydrogens (tertiary/aromatic N) is 1. The molecule has 2 heteroatoms. The lowest BCUT2D eigenvalue weighted by atomic mass is 9.86. The first-order valence-corrected chi connectivity index (χ1v) is 6.36. The Labute approximate surface area is 106 Å². The maximum atomic E-state index is 9.10. The molecule has 16 heavy (non-hydrogen) atoms. The molecule has 0 fully saturated rings. The number of halogens is 1. The fourth-order valence-corrected chi connectivity index (χ4v) is 1.66. The van der Waals surface area contributed by atoms with Crippen molar-refractivity contribution in [2.75, 3.05) is 0 Å². The fraction of sp³-hybridized carbons (Fsp3) is 0.357. The zero-order chi connectivity index (χ0) is 12.2. The van der Waals surface area contributed by atoms with Crippen molar-refractivity contribution in [1.29, 1.82) is 5.26 Å². The van der Waals surface area contributed by atoms with Crippen LogP contribution in [0.3, 0.4) is 0 Å². The molecule has 0 atom stereocenters. The van der Waals surface area contributed by atoms with Crippen LogP contribution in [-0.2, 0) is 5.33 Å². The van der Waals surface area contributed by atoms with Crippen molar-refractivity contribution in [2.24, 2.45) is 5.41 Å². The number of allylic oxidation sites excluding steroid dienone is 1. The van der Waals surface area contributed by atoms with E-state index in [9.17, 15) is 0 Å². The van der Waals surface area contributed by atoms with Crippen LogP contribution in [0.1, 0.15) is 31.9 Å². The summed E-state index contributed by atoms with van der Waals surface area (Å²) in [6.07, 6.45) is 1.96. The van der Waals surface area contributed by atoms with Gasteiger partial charge < -0.3 is 0 Å². The first kappa shape index (κ1) is 13.0. The highest BCUT2D eigenvalue weighted by Gasteiger charge is 2.16. The topological polar surface area (TPSA) is 23.8 Å². The van der Waals surface area contributed by atoms with E-state index in [1.807, 2.05) is 18.2 Å². The number of hydrogen-bond acceptors (Lipinski definition) is 1. The summed E-state index contributed by atoms with van der Waals surface area (Å²) < 4.78 is 0. The van der Waals surface area contributed by atoms with Gasteiger partial charge in [-0.05, 0) is 22.6 Å². The minimum absolute atomic E-state index is 0.0944. The first-order valence-electron chi connectivity index (χ1n) is 5.24. The molecule has 0 aliphatic carbocycles. The quantitative estimate of drug-likeness (QED) is 0.575. The summed E-state index contributed by atoms with van der Waals surface area (Å²) in [6, 6.07) is 10.5. The molecular formula is C14H16BrN. The lowest BCUT2D eigenvalue weighted by Gasteiger charge is -2.16. The smallest absolute Gasteiger partial charge is 0.0952 e. The van der Waals surface area contributed by atoms with Gasteiger partial charge in [-0.2, -0.15) is 5.26 Å². The minimum Gasteiger partial charge on any atom is -0.193 e. The summed E-state index contributed by atoms with van der Waals surface area (Å²) in [7, 11) is 0. The average Bonchev–Trinajstić information content (AvgIpc) is 2.25. The molecule has 1 rings (SSSR count). The normalized spacial score (nSPS) is 12.3. The summed E-state index contributed by atoms with van der Waals surface area (Å²) in [5.41, 5.74) is 3.03. The van der Waals surface area contributed by atoms with Gasteiger partial charge in [-0.1, -0.05) is 61.0 Å². The zero-order valence-electron chi connectivity index (χ0n) is 9.92. The molecule has 0 heterocycles. The zero-order valence-corrected chi connectivity index (χ0v) is 11.5. The summed E-state index contributed by atoms with van der Waals surface area (Å²) in [6.45, 7) is 6.15. The molecule has 0 saturated heterocycles. The van der Waals surface area contributed by atoms with E-state index < -0.39 is 0 Å². The summed E-state index contributed by atoms with van der Waals surface area (Å²) >= 11 is 3.41. The second kappa shape index (κ2) is 5.32. The Kier molecular flexibility index (Phi) is 4.32. The molecule has 1 aromatic carbocycles. The SMILES string of the molecule is CC(C)(C)/C(C#N)=C/c1ccc(CBr)cc1. The van der Waals surface area contributed by atoms with Crippen LogP contribution in [-0.4, -0.2) is 0 Å². The van der Waals surface area contributed by atoms with E-state index >= 15 is 0 Å². The molecule has 0 spiro atoms. The summed E-state index contributed by atoms with van der Waals surface area (Å²) in [5, 5.41) is 9.96.